The van der Waals surface area contributed by atoms with Crippen LogP contribution in [-0.2, 0) is 0 Å². The number of nitrogens with zero attached hydrogens (tertiary/aromatic N) is 3. The van der Waals surface area contributed by atoms with Crippen molar-refractivity contribution in [3.63, 3.8) is 0 Å². The highest BCUT2D eigenvalue weighted by atomic mass is 16.6. The minimum absolute atomic E-state index is 0.0753. The second kappa shape index (κ2) is 4.92. The molecule has 0 aliphatic rings. The number of hydrogen-bond acceptors (Lipinski definition) is 7. The maximum atomic E-state index is 11.1. The molecule has 0 aliphatic carbocycles. The highest BCUT2D eigenvalue weighted by Crippen LogP contribution is 2.36. The van der Waals surface area contributed by atoms with E-state index in [1.165, 1.54) is 27.4 Å². The summed E-state index contributed by atoms with van der Waals surface area (Å²) in [7, 11) is 4.14. The molecule has 1 aromatic heterocycles. The van der Waals surface area contributed by atoms with Crippen LogP contribution in [0, 0.1) is 10.1 Å². The van der Waals surface area contributed by atoms with Crippen molar-refractivity contribution in [2.75, 3.05) is 21.3 Å². The molecule has 0 spiro atoms. The lowest BCUT2D eigenvalue weighted by Crippen LogP contribution is -2.01. The molecule has 0 fully saturated rings. The highest BCUT2D eigenvalue weighted by molar-refractivity contribution is 5.88. The molecule has 1 aromatic carbocycles. The third-order valence-corrected chi connectivity index (χ3v) is 2.50. The van der Waals surface area contributed by atoms with Gasteiger partial charge in [0.05, 0.1) is 26.3 Å². The Hall–Kier alpha value is -2.64. The number of nitro groups is 1. The van der Waals surface area contributed by atoms with E-state index in [1.54, 1.807) is 6.07 Å². The number of rotatable bonds is 4. The van der Waals surface area contributed by atoms with E-state index in [4.69, 9.17) is 14.2 Å². The van der Waals surface area contributed by atoms with E-state index < -0.39 is 4.92 Å². The predicted molar refractivity (Wildman–Crippen MR) is 65.8 cm³/mol. The fraction of sp³-hybridized carbons (Fsp3) is 0.273. The second-order valence-corrected chi connectivity index (χ2v) is 3.48. The first-order chi connectivity index (χ1) is 9.12. The van der Waals surface area contributed by atoms with Crippen LogP contribution < -0.4 is 14.2 Å². The van der Waals surface area contributed by atoms with E-state index >= 15 is 0 Å². The third-order valence-electron chi connectivity index (χ3n) is 2.50. The summed E-state index contributed by atoms with van der Waals surface area (Å²) in [4.78, 5) is 18.7. The molecule has 0 atom stereocenters. The molecule has 0 saturated heterocycles. The molecule has 2 rings (SSSR count). The number of methoxy groups -OCH3 is 3. The minimum atomic E-state index is -0.568. The van der Waals surface area contributed by atoms with Crippen LogP contribution >= 0.6 is 0 Å². The van der Waals surface area contributed by atoms with Crippen molar-refractivity contribution < 1.29 is 19.1 Å². The van der Waals surface area contributed by atoms with Crippen molar-refractivity contribution in [2.45, 2.75) is 0 Å². The Balaban J connectivity index is 2.84. The Morgan fingerprint density at radius 2 is 1.68 bits per heavy atom. The number of hydrogen-bond donors (Lipinski definition) is 0. The zero-order valence-corrected chi connectivity index (χ0v) is 10.5. The van der Waals surface area contributed by atoms with Gasteiger partial charge >= 0.3 is 5.69 Å². The van der Waals surface area contributed by atoms with Gasteiger partial charge in [-0.05, 0) is 12.1 Å². The van der Waals surface area contributed by atoms with Crippen LogP contribution in [0.25, 0.3) is 11.0 Å². The molecule has 1 heterocycles. The van der Waals surface area contributed by atoms with Gasteiger partial charge in [-0.1, -0.05) is 0 Å². The van der Waals surface area contributed by atoms with Crippen molar-refractivity contribution in [1.29, 1.82) is 0 Å². The van der Waals surface area contributed by atoms with E-state index in [0.29, 0.717) is 5.52 Å². The summed E-state index contributed by atoms with van der Waals surface area (Å²) in [5.74, 6) is 0.347. The van der Waals surface area contributed by atoms with Crippen LogP contribution in [0.1, 0.15) is 0 Å². The molecule has 0 amide bonds. The Morgan fingerprint density at radius 1 is 1.05 bits per heavy atom. The van der Waals surface area contributed by atoms with Crippen molar-refractivity contribution in [1.82, 2.24) is 9.97 Å². The van der Waals surface area contributed by atoms with Gasteiger partial charge in [0.1, 0.15) is 5.52 Å². The number of aromatic nitrogens is 2. The molecule has 8 heteroatoms. The first-order valence-electron chi connectivity index (χ1n) is 5.23. The van der Waals surface area contributed by atoms with E-state index in [9.17, 15) is 10.1 Å². The summed E-state index contributed by atoms with van der Waals surface area (Å²) < 4.78 is 15.0. The van der Waals surface area contributed by atoms with Gasteiger partial charge in [0.15, 0.2) is 11.3 Å². The third kappa shape index (κ3) is 2.07. The van der Waals surface area contributed by atoms with E-state index in [0.717, 1.165) is 0 Å². The lowest BCUT2D eigenvalue weighted by Gasteiger charge is -2.08. The molecule has 0 unspecified atom stereocenters. The normalized spacial score (nSPS) is 10.3. The molecule has 0 aliphatic heterocycles. The predicted octanol–water partition coefficient (Wildman–Crippen LogP) is 1.56. The van der Waals surface area contributed by atoms with Crippen LogP contribution in [0.2, 0.25) is 0 Å². The van der Waals surface area contributed by atoms with Crippen LogP contribution in [0.5, 0.6) is 17.5 Å². The Morgan fingerprint density at radius 3 is 2.21 bits per heavy atom. The lowest BCUT2D eigenvalue weighted by molar-refractivity contribution is -0.384. The molecular formula is C11H11N3O5. The summed E-state index contributed by atoms with van der Waals surface area (Å²) in [5, 5.41) is 11.1. The fourth-order valence-electron chi connectivity index (χ4n) is 1.66. The number of nitro benzene ring substituents is 1. The molecule has 0 radical (unpaired) electrons. The minimum Gasteiger partial charge on any atom is -0.490 e. The monoisotopic (exact) mass is 265 g/mol. The van der Waals surface area contributed by atoms with Gasteiger partial charge in [-0.15, -0.1) is 0 Å². The zero-order valence-electron chi connectivity index (χ0n) is 10.5. The van der Waals surface area contributed by atoms with E-state index in [1.807, 2.05) is 0 Å². The van der Waals surface area contributed by atoms with Crippen LogP contribution in [0.15, 0.2) is 12.1 Å². The topological polar surface area (TPSA) is 96.6 Å². The van der Waals surface area contributed by atoms with Gasteiger partial charge in [-0.2, -0.15) is 4.98 Å². The molecule has 2 aromatic rings. The van der Waals surface area contributed by atoms with Crippen LogP contribution in [-0.4, -0.2) is 36.2 Å². The molecule has 0 N–H and O–H groups in total. The Kier molecular flexibility index (Phi) is 3.32. The number of ether oxygens (including phenoxy) is 3. The molecule has 8 nitrogen and oxygen atoms in total. The standard InChI is InChI=1S/C11H11N3O5/c1-17-7-5-4-6-8(9(7)14(15)16)13-11(19-3)10(12-6)18-2/h4-5H,1-3H3. The van der Waals surface area contributed by atoms with Gasteiger partial charge in [0.2, 0.25) is 0 Å². The molecule has 0 bridgehead atoms. The van der Waals surface area contributed by atoms with Crippen molar-refractivity contribution >= 4 is 16.7 Å². The first kappa shape index (κ1) is 12.8. The fourth-order valence-corrected chi connectivity index (χ4v) is 1.66. The van der Waals surface area contributed by atoms with Gasteiger partial charge in [0.25, 0.3) is 11.8 Å². The zero-order chi connectivity index (χ0) is 14.0. The Labute approximate surface area is 108 Å². The summed E-state index contributed by atoms with van der Waals surface area (Å²) in [6.45, 7) is 0. The first-order valence-corrected chi connectivity index (χ1v) is 5.23. The van der Waals surface area contributed by atoms with E-state index in [-0.39, 0.29) is 28.7 Å². The number of benzene rings is 1. The van der Waals surface area contributed by atoms with Crippen LogP contribution in [0.3, 0.4) is 0 Å². The van der Waals surface area contributed by atoms with Crippen molar-refractivity contribution in [3.05, 3.63) is 22.2 Å². The molecular weight excluding hydrogens is 254 g/mol. The SMILES string of the molecule is COc1ccc2nc(OC)c(OC)nc2c1[N+](=O)[O-]. The van der Waals surface area contributed by atoms with Gasteiger partial charge in [-0.3, -0.25) is 10.1 Å². The van der Waals surface area contributed by atoms with E-state index in [2.05, 4.69) is 9.97 Å². The highest BCUT2D eigenvalue weighted by Gasteiger charge is 2.23. The molecule has 19 heavy (non-hydrogen) atoms. The summed E-state index contributed by atoms with van der Waals surface area (Å²) in [5.41, 5.74) is 0.153. The Bertz CT molecular complexity index is 644. The maximum Gasteiger partial charge on any atom is 0.338 e. The average Bonchev–Trinajstić information content (AvgIpc) is 2.43. The maximum absolute atomic E-state index is 11.1. The smallest absolute Gasteiger partial charge is 0.338 e. The van der Waals surface area contributed by atoms with Gasteiger partial charge in [-0.25, -0.2) is 4.98 Å². The summed E-state index contributed by atoms with van der Waals surface area (Å²) in [6.07, 6.45) is 0. The summed E-state index contributed by atoms with van der Waals surface area (Å²) in [6, 6.07) is 3.02. The van der Waals surface area contributed by atoms with Crippen LogP contribution in [0.4, 0.5) is 5.69 Å². The molecule has 0 saturated carbocycles. The second-order valence-electron chi connectivity index (χ2n) is 3.48. The number of fused-ring (bicyclic) bond motifs is 1. The summed E-state index contributed by atoms with van der Waals surface area (Å²) >= 11 is 0. The van der Waals surface area contributed by atoms with Crippen molar-refractivity contribution in [3.8, 4) is 17.5 Å². The van der Waals surface area contributed by atoms with Crippen molar-refractivity contribution in [2.24, 2.45) is 0 Å². The lowest BCUT2D eigenvalue weighted by atomic mass is 10.2. The molecule has 100 valence electrons. The van der Waals surface area contributed by atoms with Gasteiger partial charge < -0.3 is 14.2 Å². The van der Waals surface area contributed by atoms with Gasteiger partial charge in [0, 0.05) is 0 Å². The average molecular weight is 265 g/mol. The largest absolute Gasteiger partial charge is 0.490 e. The quantitative estimate of drug-likeness (QED) is 0.611.